The van der Waals surface area contributed by atoms with Crippen LogP contribution in [-0.2, 0) is 4.74 Å². The molecule has 2 aromatic rings. The molecule has 1 saturated carbocycles. The maximum atomic E-state index is 11.7. The summed E-state index contributed by atoms with van der Waals surface area (Å²) >= 11 is 1.43. The van der Waals surface area contributed by atoms with E-state index in [-0.39, 0.29) is 11.2 Å². The van der Waals surface area contributed by atoms with Crippen molar-refractivity contribution in [2.75, 3.05) is 11.9 Å². The third-order valence-corrected chi connectivity index (χ3v) is 5.61. The van der Waals surface area contributed by atoms with E-state index in [1.165, 1.54) is 60.2 Å². The summed E-state index contributed by atoms with van der Waals surface area (Å²) in [6.45, 7) is 0.806. The zero-order chi connectivity index (χ0) is 15.0. The molecule has 22 heavy (non-hydrogen) atoms. The van der Waals surface area contributed by atoms with Gasteiger partial charge in [0.05, 0.1) is 5.60 Å². The van der Waals surface area contributed by atoms with Gasteiger partial charge in [-0.05, 0) is 25.7 Å². The van der Waals surface area contributed by atoms with Crippen molar-refractivity contribution in [1.82, 2.24) is 14.6 Å². The van der Waals surface area contributed by atoms with Crippen LogP contribution in [0.3, 0.4) is 0 Å². The molecule has 0 radical (unpaired) electrons. The monoisotopic (exact) mass is 320 g/mol. The topological polar surface area (TPSA) is 68.5 Å². The number of ether oxygens (including phenoxy) is 1. The van der Waals surface area contributed by atoms with Crippen molar-refractivity contribution in [3.8, 4) is 0 Å². The van der Waals surface area contributed by atoms with Crippen molar-refractivity contribution < 1.29 is 4.74 Å². The summed E-state index contributed by atoms with van der Waals surface area (Å²) in [6.07, 6.45) is 9.77. The molecule has 1 spiro atoms. The Hall–Kier alpha value is -1.47. The number of aromatic nitrogens is 3. The zero-order valence-electron chi connectivity index (χ0n) is 12.5. The summed E-state index contributed by atoms with van der Waals surface area (Å²) in [5.74, 6) is 0. The molecule has 0 bridgehead atoms. The Labute approximate surface area is 132 Å². The highest BCUT2D eigenvalue weighted by molar-refractivity contribution is 7.20. The van der Waals surface area contributed by atoms with Crippen LogP contribution in [0.5, 0.6) is 0 Å². The summed E-state index contributed by atoms with van der Waals surface area (Å²) in [6, 6.07) is 1.80. The van der Waals surface area contributed by atoms with Crippen LogP contribution in [0, 0.1) is 0 Å². The molecule has 7 heteroatoms. The van der Waals surface area contributed by atoms with Crippen LogP contribution in [0.4, 0.5) is 5.13 Å². The summed E-state index contributed by atoms with van der Waals surface area (Å²) in [5.41, 5.74) is -0.0649. The zero-order valence-corrected chi connectivity index (χ0v) is 13.3. The average Bonchev–Trinajstić information content (AvgIpc) is 2.92. The van der Waals surface area contributed by atoms with E-state index in [4.69, 9.17) is 4.74 Å². The molecule has 1 saturated heterocycles. The third kappa shape index (κ3) is 2.63. The van der Waals surface area contributed by atoms with Crippen LogP contribution in [-0.4, -0.2) is 32.8 Å². The van der Waals surface area contributed by atoms with Gasteiger partial charge in [-0.1, -0.05) is 30.6 Å². The van der Waals surface area contributed by atoms with Gasteiger partial charge < -0.3 is 10.1 Å². The van der Waals surface area contributed by atoms with E-state index >= 15 is 0 Å². The van der Waals surface area contributed by atoms with Crippen molar-refractivity contribution in [3.63, 3.8) is 0 Å². The Balaban J connectivity index is 1.52. The molecule has 3 heterocycles. The normalized spacial score (nSPS) is 24.6. The summed E-state index contributed by atoms with van der Waals surface area (Å²) < 4.78 is 7.49. The van der Waals surface area contributed by atoms with Gasteiger partial charge in [0.2, 0.25) is 10.1 Å². The minimum absolute atomic E-state index is 0.0694. The molecule has 2 aromatic heterocycles. The lowest BCUT2D eigenvalue weighted by molar-refractivity contribution is -0.103. The summed E-state index contributed by atoms with van der Waals surface area (Å²) in [4.78, 5) is 16.6. The minimum atomic E-state index is -0.134. The van der Waals surface area contributed by atoms with Gasteiger partial charge in [-0.15, -0.1) is 5.10 Å². The van der Waals surface area contributed by atoms with Crippen molar-refractivity contribution in [1.29, 1.82) is 0 Å². The second-order valence-electron chi connectivity index (χ2n) is 6.31. The van der Waals surface area contributed by atoms with Crippen LogP contribution in [0.1, 0.15) is 44.9 Å². The van der Waals surface area contributed by atoms with Crippen molar-refractivity contribution in [2.24, 2.45) is 0 Å². The Morgan fingerprint density at radius 3 is 3.05 bits per heavy atom. The highest BCUT2D eigenvalue weighted by Gasteiger charge is 2.38. The molecular formula is C15H20N4O2S. The molecule has 2 aliphatic rings. The first-order valence-electron chi connectivity index (χ1n) is 8.00. The van der Waals surface area contributed by atoms with Crippen molar-refractivity contribution >= 4 is 21.4 Å². The van der Waals surface area contributed by atoms with Gasteiger partial charge in [0.15, 0.2) is 0 Å². The second kappa shape index (κ2) is 5.62. The molecule has 1 atom stereocenters. The van der Waals surface area contributed by atoms with E-state index in [1.807, 2.05) is 0 Å². The minimum Gasteiger partial charge on any atom is -0.375 e. The maximum absolute atomic E-state index is 11.7. The molecule has 0 aromatic carbocycles. The molecular weight excluding hydrogens is 300 g/mol. The van der Waals surface area contributed by atoms with Crippen LogP contribution in [0.15, 0.2) is 17.1 Å². The fraction of sp³-hybridized carbons (Fsp3) is 0.667. The molecule has 4 rings (SSSR count). The third-order valence-electron chi connectivity index (χ3n) is 4.76. The fourth-order valence-electron chi connectivity index (χ4n) is 3.67. The van der Waals surface area contributed by atoms with Gasteiger partial charge in [-0.3, -0.25) is 4.79 Å². The van der Waals surface area contributed by atoms with E-state index in [1.54, 1.807) is 0 Å². The molecule has 1 N–H and O–H groups in total. The highest BCUT2D eigenvalue weighted by atomic mass is 32.1. The quantitative estimate of drug-likeness (QED) is 0.920. The Bertz CT molecular complexity index is 714. The van der Waals surface area contributed by atoms with Crippen LogP contribution in [0.25, 0.3) is 4.96 Å². The van der Waals surface area contributed by atoms with E-state index in [2.05, 4.69) is 15.4 Å². The molecule has 2 fully saturated rings. The molecule has 1 aliphatic heterocycles. The van der Waals surface area contributed by atoms with Gasteiger partial charge in [0.25, 0.3) is 5.56 Å². The molecule has 0 amide bonds. The molecule has 6 nitrogen and oxygen atoms in total. The standard InChI is InChI=1S/C15H20N4O2S/c20-12-4-8-16-14-19(12)18-13(22-14)17-11-5-9-21-15(10-11)6-2-1-3-7-15/h4,8,11H,1-3,5-7,9-10H2,(H,17,18). The van der Waals surface area contributed by atoms with E-state index in [0.717, 1.165) is 24.6 Å². The predicted octanol–water partition coefficient (Wildman–Crippen LogP) is 2.44. The summed E-state index contributed by atoms with van der Waals surface area (Å²) in [7, 11) is 0. The first-order valence-corrected chi connectivity index (χ1v) is 8.81. The van der Waals surface area contributed by atoms with Gasteiger partial charge in [-0.25, -0.2) is 4.98 Å². The first-order chi connectivity index (χ1) is 10.7. The Kier molecular flexibility index (Phi) is 3.62. The lowest BCUT2D eigenvalue weighted by Gasteiger charge is -2.43. The van der Waals surface area contributed by atoms with Crippen LogP contribution in [0.2, 0.25) is 0 Å². The van der Waals surface area contributed by atoms with E-state index in [0.29, 0.717) is 11.0 Å². The largest absolute Gasteiger partial charge is 0.375 e. The number of rotatable bonds is 2. The first kappa shape index (κ1) is 14.1. The number of hydrogen-bond acceptors (Lipinski definition) is 6. The predicted molar refractivity (Wildman–Crippen MR) is 85.5 cm³/mol. The number of anilines is 1. The number of hydrogen-bond donors (Lipinski definition) is 1. The van der Waals surface area contributed by atoms with E-state index in [9.17, 15) is 4.79 Å². The van der Waals surface area contributed by atoms with Crippen LogP contribution >= 0.6 is 11.3 Å². The maximum Gasteiger partial charge on any atom is 0.275 e. The van der Waals surface area contributed by atoms with Gasteiger partial charge in [0, 0.05) is 24.9 Å². The van der Waals surface area contributed by atoms with Crippen LogP contribution < -0.4 is 10.9 Å². The Morgan fingerprint density at radius 2 is 2.23 bits per heavy atom. The van der Waals surface area contributed by atoms with Crippen molar-refractivity contribution in [2.45, 2.75) is 56.6 Å². The molecule has 1 aliphatic carbocycles. The van der Waals surface area contributed by atoms with E-state index < -0.39 is 0 Å². The second-order valence-corrected chi connectivity index (χ2v) is 7.27. The average molecular weight is 320 g/mol. The Morgan fingerprint density at radius 1 is 1.36 bits per heavy atom. The van der Waals surface area contributed by atoms with Crippen molar-refractivity contribution in [3.05, 3.63) is 22.6 Å². The summed E-state index contributed by atoms with van der Waals surface area (Å²) in [5, 5.41) is 8.62. The lowest BCUT2D eigenvalue weighted by Crippen LogP contribution is -2.45. The smallest absolute Gasteiger partial charge is 0.275 e. The number of nitrogens with zero attached hydrogens (tertiary/aromatic N) is 3. The SMILES string of the molecule is O=c1ccnc2sc(NC3CCOC4(CCCCC4)C3)nn12. The number of fused-ring (bicyclic) bond motifs is 1. The lowest BCUT2D eigenvalue weighted by atomic mass is 9.78. The molecule has 118 valence electrons. The van der Waals surface area contributed by atoms with Gasteiger partial charge in [-0.2, -0.15) is 4.52 Å². The van der Waals surface area contributed by atoms with Gasteiger partial charge >= 0.3 is 0 Å². The van der Waals surface area contributed by atoms with Gasteiger partial charge in [0.1, 0.15) is 0 Å². The fourth-order valence-corrected chi connectivity index (χ4v) is 4.52. The molecule has 1 unspecified atom stereocenters. The highest BCUT2D eigenvalue weighted by Crippen LogP contribution is 2.39. The number of nitrogens with one attached hydrogen (secondary N) is 1.